The topological polar surface area (TPSA) is 75.1 Å². The quantitative estimate of drug-likeness (QED) is 0.617. The van der Waals surface area contributed by atoms with Gasteiger partial charge in [-0.2, -0.15) is 12.6 Å². The Morgan fingerprint density at radius 3 is 2.47 bits per heavy atom. The van der Waals surface area contributed by atoms with Crippen LogP contribution in [0.2, 0.25) is 0 Å². The van der Waals surface area contributed by atoms with E-state index in [-0.39, 0.29) is 12.1 Å². The van der Waals surface area contributed by atoms with Crippen molar-refractivity contribution in [1.29, 1.82) is 0 Å². The Bertz CT molecular complexity index is 377. The van der Waals surface area contributed by atoms with Gasteiger partial charge in [-0.05, 0) is 20.1 Å². The fourth-order valence-corrected chi connectivity index (χ4v) is 1.07. The number of H-pyrrole nitrogens is 1. The average molecular weight is 232 g/mol. The fraction of sp³-hybridized carbons (Fsp3) is 0.556. The van der Waals surface area contributed by atoms with Crippen molar-refractivity contribution in [3.8, 4) is 0 Å². The van der Waals surface area contributed by atoms with E-state index >= 15 is 0 Å². The molecule has 1 atom stereocenters. The summed E-state index contributed by atoms with van der Waals surface area (Å²) in [4.78, 5) is 24.9. The molecule has 0 bridgehead atoms. The number of hydrogen-bond donors (Lipinski definition) is 3. The summed E-state index contributed by atoms with van der Waals surface area (Å²) in [6, 6.07) is 1.32. The van der Waals surface area contributed by atoms with Gasteiger partial charge in [0.1, 0.15) is 0 Å². The predicted molar refractivity (Wildman–Crippen MR) is 62.7 cm³/mol. The van der Waals surface area contributed by atoms with Gasteiger partial charge in [0, 0.05) is 11.8 Å². The maximum Gasteiger partial charge on any atom is 0.328 e. The first kappa shape index (κ1) is 14.0. The van der Waals surface area contributed by atoms with Crippen LogP contribution in [0.15, 0.2) is 15.7 Å². The molecule has 1 rings (SSSR count). The monoisotopic (exact) mass is 232 g/mol. The van der Waals surface area contributed by atoms with E-state index in [0.717, 1.165) is 4.57 Å². The van der Waals surface area contributed by atoms with Crippen molar-refractivity contribution in [2.24, 2.45) is 0 Å². The van der Waals surface area contributed by atoms with Gasteiger partial charge in [-0.1, -0.05) is 0 Å². The van der Waals surface area contributed by atoms with E-state index in [9.17, 15) is 9.59 Å². The van der Waals surface area contributed by atoms with E-state index in [1.54, 1.807) is 13.2 Å². The number of aryl methyl sites for hydroxylation is 1. The van der Waals surface area contributed by atoms with Gasteiger partial charge in [-0.15, -0.1) is 0 Å². The summed E-state index contributed by atoms with van der Waals surface area (Å²) in [6.45, 7) is 3.18. The summed E-state index contributed by atoms with van der Waals surface area (Å²) in [5.74, 6) is 0. The van der Waals surface area contributed by atoms with Crippen LogP contribution in [0, 0.1) is 6.92 Å². The van der Waals surface area contributed by atoms with Crippen molar-refractivity contribution in [2.75, 3.05) is 6.26 Å². The number of aliphatic hydroxyl groups is 1. The third kappa shape index (κ3) is 4.35. The first-order chi connectivity index (χ1) is 7.00. The molecular formula is C9H16N2O3S. The predicted octanol–water partition coefficient (Wildman–Crippen LogP) is -0.228. The highest BCUT2D eigenvalue weighted by molar-refractivity contribution is 7.79. The molecule has 0 aliphatic heterocycles. The molecule has 1 aromatic rings. The lowest BCUT2D eigenvalue weighted by Crippen LogP contribution is -2.37. The number of thiol groups is 1. The second-order valence-electron chi connectivity index (χ2n) is 3.06. The first-order valence-electron chi connectivity index (χ1n) is 4.44. The van der Waals surface area contributed by atoms with Gasteiger partial charge in [-0.3, -0.25) is 9.36 Å². The van der Waals surface area contributed by atoms with Crippen LogP contribution in [0.25, 0.3) is 0 Å². The summed E-state index contributed by atoms with van der Waals surface area (Å²) in [5, 5.41) is 9.01. The fourth-order valence-electron chi connectivity index (χ4n) is 1.07. The highest BCUT2D eigenvalue weighted by atomic mass is 32.1. The standard InChI is InChI=1S/C8H12N2O3.CH4S/c1-5-3-7(12)10(4-6(2)11)8(13)9-5;1-2/h3,6,11H,4H2,1-2H3,(H,9,13);2H,1H3. The number of aliphatic hydroxyl groups excluding tert-OH is 1. The second-order valence-corrected chi connectivity index (χ2v) is 3.06. The van der Waals surface area contributed by atoms with Crippen molar-refractivity contribution >= 4 is 12.6 Å². The van der Waals surface area contributed by atoms with Crippen molar-refractivity contribution in [1.82, 2.24) is 9.55 Å². The van der Waals surface area contributed by atoms with E-state index < -0.39 is 11.8 Å². The number of aromatic amines is 1. The molecule has 0 amide bonds. The van der Waals surface area contributed by atoms with E-state index in [0.29, 0.717) is 5.69 Å². The van der Waals surface area contributed by atoms with Crippen LogP contribution in [0.3, 0.4) is 0 Å². The minimum atomic E-state index is -0.707. The summed E-state index contributed by atoms with van der Waals surface area (Å²) < 4.78 is 0.970. The molecular weight excluding hydrogens is 216 g/mol. The number of nitrogens with one attached hydrogen (secondary N) is 1. The molecule has 0 saturated heterocycles. The van der Waals surface area contributed by atoms with Crippen LogP contribution in [-0.2, 0) is 6.54 Å². The normalized spacial score (nSPS) is 11.5. The Balaban J connectivity index is 0.000000921. The van der Waals surface area contributed by atoms with Gasteiger partial charge in [-0.25, -0.2) is 4.79 Å². The molecule has 1 heterocycles. The highest BCUT2D eigenvalue weighted by Gasteiger charge is 2.04. The highest BCUT2D eigenvalue weighted by Crippen LogP contribution is 1.84. The van der Waals surface area contributed by atoms with E-state index in [1.165, 1.54) is 13.0 Å². The summed E-state index contributed by atoms with van der Waals surface area (Å²) in [5.41, 5.74) is -0.343. The van der Waals surface area contributed by atoms with Gasteiger partial charge in [0.25, 0.3) is 5.56 Å². The molecule has 2 N–H and O–H groups in total. The van der Waals surface area contributed by atoms with E-state index in [1.807, 2.05) is 0 Å². The van der Waals surface area contributed by atoms with Crippen molar-refractivity contribution < 1.29 is 5.11 Å². The minimum Gasteiger partial charge on any atom is -0.392 e. The first-order valence-corrected chi connectivity index (χ1v) is 5.33. The van der Waals surface area contributed by atoms with Gasteiger partial charge >= 0.3 is 5.69 Å². The van der Waals surface area contributed by atoms with Crippen molar-refractivity contribution in [3.05, 3.63) is 32.6 Å². The van der Waals surface area contributed by atoms with Crippen molar-refractivity contribution in [2.45, 2.75) is 26.5 Å². The molecule has 5 nitrogen and oxygen atoms in total. The Kier molecular flexibility index (Phi) is 6.03. The lowest BCUT2D eigenvalue weighted by Gasteiger charge is -2.06. The largest absolute Gasteiger partial charge is 0.392 e. The zero-order valence-electron chi connectivity index (χ0n) is 9.02. The van der Waals surface area contributed by atoms with Gasteiger partial charge < -0.3 is 10.1 Å². The Morgan fingerprint density at radius 2 is 2.07 bits per heavy atom. The molecule has 0 radical (unpaired) electrons. The molecule has 0 aromatic carbocycles. The molecule has 15 heavy (non-hydrogen) atoms. The summed E-state index contributed by atoms with van der Waals surface area (Å²) in [7, 11) is 0. The Labute approximate surface area is 93.2 Å². The average Bonchev–Trinajstić information content (AvgIpc) is 2.14. The number of aromatic nitrogens is 2. The van der Waals surface area contributed by atoms with Crippen LogP contribution in [-0.4, -0.2) is 27.0 Å². The third-order valence-electron chi connectivity index (χ3n) is 1.60. The lowest BCUT2D eigenvalue weighted by atomic mass is 10.4. The van der Waals surface area contributed by atoms with Crippen LogP contribution >= 0.6 is 12.6 Å². The molecule has 1 unspecified atom stereocenters. The van der Waals surface area contributed by atoms with Crippen LogP contribution in [0.5, 0.6) is 0 Å². The molecule has 6 heteroatoms. The zero-order chi connectivity index (χ0) is 12.0. The Hall–Kier alpha value is -1.01. The van der Waals surface area contributed by atoms with Crippen LogP contribution in [0.1, 0.15) is 12.6 Å². The molecule has 1 aromatic heterocycles. The molecule has 0 aliphatic rings. The van der Waals surface area contributed by atoms with Crippen LogP contribution < -0.4 is 11.2 Å². The third-order valence-corrected chi connectivity index (χ3v) is 1.60. The van der Waals surface area contributed by atoms with Crippen LogP contribution in [0.4, 0.5) is 0 Å². The lowest BCUT2D eigenvalue weighted by molar-refractivity contribution is 0.170. The number of rotatable bonds is 2. The maximum atomic E-state index is 11.2. The van der Waals surface area contributed by atoms with Gasteiger partial charge in [0.2, 0.25) is 0 Å². The van der Waals surface area contributed by atoms with Gasteiger partial charge in [0.05, 0.1) is 12.6 Å². The smallest absolute Gasteiger partial charge is 0.328 e. The maximum absolute atomic E-state index is 11.2. The molecule has 86 valence electrons. The minimum absolute atomic E-state index is 0.0223. The zero-order valence-corrected chi connectivity index (χ0v) is 9.91. The molecule has 0 saturated carbocycles. The summed E-state index contributed by atoms with van der Waals surface area (Å²) >= 11 is 3.53. The number of hydrogen-bond acceptors (Lipinski definition) is 4. The molecule has 0 fully saturated rings. The van der Waals surface area contributed by atoms with E-state index in [4.69, 9.17) is 5.11 Å². The SMILES string of the molecule is CS.Cc1cc(=O)n(CC(C)O)c(=O)[nH]1. The Morgan fingerprint density at radius 1 is 1.53 bits per heavy atom. The van der Waals surface area contributed by atoms with Gasteiger partial charge in [0.15, 0.2) is 0 Å². The van der Waals surface area contributed by atoms with Crippen molar-refractivity contribution in [3.63, 3.8) is 0 Å². The molecule has 0 aliphatic carbocycles. The second kappa shape index (κ2) is 6.47. The van der Waals surface area contributed by atoms with E-state index in [2.05, 4.69) is 17.6 Å². The molecule has 0 spiro atoms. The summed E-state index contributed by atoms with van der Waals surface area (Å²) in [6.07, 6.45) is 0.988. The number of nitrogens with zero attached hydrogens (tertiary/aromatic N) is 1.